The Bertz CT molecular complexity index is 1370. The first-order valence-electron chi connectivity index (χ1n) is 12.0. The number of aliphatic hydroxyl groups excluding tert-OH is 1. The summed E-state index contributed by atoms with van der Waals surface area (Å²) >= 11 is 0. The van der Waals surface area contributed by atoms with Crippen molar-refractivity contribution in [1.82, 2.24) is 24.6 Å². The Morgan fingerprint density at radius 1 is 1.17 bits per heavy atom. The molecule has 9 heteroatoms. The van der Waals surface area contributed by atoms with Gasteiger partial charge in [-0.1, -0.05) is 24.3 Å². The van der Waals surface area contributed by atoms with Crippen LogP contribution in [-0.2, 0) is 4.74 Å². The van der Waals surface area contributed by atoms with Crippen molar-refractivity contribution in [3.05, 3.63) is 60.6 Å². The second kappa shape index (κ2) is 8.92. The molecular weight excluding hydrogens is 442 g/mol. The number of anilines is 3. The minimum atomic E-state index is -0.466. The van der Waals surface area contributed by atoms with Crippen LogP contribution < -0.4 is 11.1 Å². The van der Waals surface area contributed by atoms with Crippen molar-refractivity contribution < 1.29 is 9.84 Å². The Morgan fingerprint density at radius 3 is 2.80 bits per heavy atom. The molecule has 0 radical (unpaired) electrons. The lowest BCUT2D eigenvalue weighted by Crippen LogP contribution is -2.55. The zero-order valence-electron chi connectivity index (χ0n) is 19.6. The van der Waals surface area contributed by atoms with Gasteiger partial charge < -0.3 is 20.9 Å². The molecule has 2 aliphatic rings. The first-order valence-corrected chi connectivity index (χ1v) is 12.0. The lowest BCUT2D eigenvalue weighted by Gasteiger charge is -2.43. The number of rotatable bonds is 5. The molecule has 2 saturated heterocycles. The first kappa shape index (κ1) is 22.0. The Balaban J connectivity index is 1.21. The van der Waals surface area contributed by atoms with Gasteiger partial charge in [0.1, 0.15) is 11.6 Å². The minimum Gasteiger partial charge on any atom is -0.390 e. The molecule has 6 rings (SSSR count). The summed E-state index contributed by atoms with van der Waals surface area (Å²) in [5.41, 5.74) is 10.1. The smallest absolute Gasteiger partial charge is 0.133 e. The molecule has 2 atom stereocenters. The van der Waals surface area contributed by atoms with Gasteiger partial charge in [0.05, 0.1) is 49.0 Å². The fourth-order valence-electron chi connectivity index (χ4n) is 4.99. The van der Waals surface area contributed by atoms with Crippen LogP contribution in [0.3, 0.4) is 0 Å². The molecule has 5 heterocycles. The van der Waals surface area contributed by atoms with Gasteiger partial charge in [-0.15, -0.1) is 0 Å². The van der Waals surface area contributed by atoms with E-state index in [0.29, 0.717) is 24.2 Å². The van der Waals surface area contributed by atoms with Crippen LogP contribution in [0.2, 0.25) is 0 Å². The van der Waals surface area contributed by atoms with Gasteiger partial charge in [0.25, 0.3) is 0 Å². The number of nitrogens with two attached hydrogens (primary N) is 1. The van der Waals surface area contributed by atoms with E-state index in [0.717, 1.165) is 59.5 Å². The number of likely N-dealkylation sites (tertiary alicyclic amines) is 1. The number of aliphatic hydroxyl groups is 1. The molecule has 4 aromatic rings. The average Bonchev–Trinajstić information content (AvgIpc) is 3.26. The number of pyridine rings is 2. The topological polar surface area (TPSA) is 114 Å². The fourth-order valence-corrected chi connectivity index (χ4v) is 4.99. The van der Waals surface area contributed by atoms with Crippen LogP contribution in [0.1, 0.15) is 18.0 Å². The van der Waals surface area contributed by atoms with Crippen LogP contribution in [0.5, 0.6) is 0 Å². The van der Waals surface area contributed by atoms with Crippen molar-refractivity contribution in [2.45, 2.75) is 31.5 Å². The summed E-state index contributed by atoms with van der Waals surface area (Å²) in [7, 11) is 0. The summed E-state index contributed by atoms with van der Waals surface area (Å²) in [4.78, 5) is 11.4. The molecule has 1 aromatic carbocycles. The van der Waals surface area contributed by atoms with E-state index in [1.54, 1.807) is 12.4 Å². The maximum atomic E-state index is 10.8. The summed E-state index contributed by atoms with van der Waals surface area (Å²) in [6.45, 7) is 5.17. The van der Waals surface area contributed by atoms with E-state index in [1.807, 2.05) is 35.1 Å². The Hall–Kier alpha value is -3.53. The van der Waals surface area contributed by atoms with E-state index < -0.39 is 6.10 Å². The third-order valence-corrected chi connectivity index (χ3v) is 7.09. The zero-order valence-corrected chi connectivity index (χ0v) is 19.6. The highest BCUT2D eigenvalue weighted by Gasteiger charge is 2.35. The number of piperidine rings is 1. The predicted octanol–water partition coefficient (Wildman–Crippen LogP) is 3.13. The molecule has 0 bridgehead atoms. The number of nitrogens with one attached hydrogen (secondary N) is 1. The van der Waals surface area contributed by atoms with Gasteiger partial charge in [-0.2, -0.15) is 5.10 Å². The molecule has 0 saturated carbocycles. The third kappa shape index (κ3) is 4.22. The van der Waals surface area contributed by atoms with Gasteiger partial charge in [-0.3, -0.25) is 9.58 Å². The molecule has 0 spiro atoms. The Morgan fingerprint density at radius 2 is 2.03 bits per heavy atom. The van der Waals surface area contributed by atoms with E-state index in [2.05, 4.69) is 44.3 Å². The van der Waals surface area contributed by atoms with Crippen LogP contribution in [0, 0.1) is 6.92 Å². The molecule has 9 nitrogen and oxygen atoms in total. The molecule has 0 unspecified atom stereocenters. The van der Waals surface area contributed by atoms with Gasteiger partial charge in [0, 0.05) is 36.4 Å². The number of nitrogen functional groups attached to an aromatic ring is 1. The summed E-state index contributed by atoms with van der Waals surface area (Å²) in [6, 6.07) is 12.5. The molecule has 3 aromatic heterocycles. The number of aryl methyl sites for hydroxylation is 1. The quantitative estimate of drug-likeness (QED) is 0.407. The highest BCUT2D eigenvalue weighted by atomic mass is 16.5. The highest BCUT2D eigenvalue weighted by Crippen LogP contribution is 2.30. The van der Waals surface area contributed by atoms with Crippen molar-refractivity contribution in [3.63, 3.8) is 0 Å². The van der Waals surface area contributed by atoms with Gasteiger partial charge in [0.2, 0.25) is 0 Å². The van der Waals surface area contributed by atoms with Gasteiger partial charge in [-0.25, -0.2) is 9.97 Å². The number of ether oxygens (including phenoxy) is 1. The van der Waals surface area contributed by atoms with Gasteiger partial charge in [-0.05, 0) is 36.4 Å². The number of hydrogen-bond acceptors (Lipinski definition) is 8. The SMILES string of the molecule is Cc1ccccc1-c1cc2cc(Nc3cnn([C@H]4CCN(C5COC5)C[C@@H]4O)c3)ncc2c(N)n1. The standard InChI is InChI=1S/C26H29N7O2/c1-16-4-2-3-5-20(16)22-8-17-9-25(28-11-21(17)26(27)31-22)30-18-10-29-33(12-18)23-6-7-32(13-24(23)34)19-14-35-15-19/h2-5,8-12,19,23-24,34H,6-7,13-15H2,1H3,(H2,27,31)(H,28,30)/t23-,24-/m0/s1. The van der Waals surface area contributed by atoms with Crippen LogP contribution >= 0.6 is 0 Å². The average molecular weight is 472 g/mol. The van der Waals surface area contributed by atoms with Crippen LogP contribution in [0.25, 0.3) is 22.0 Å². The number of nitrogens with zero attached hydrogens (tertiary/aromatic N) is 5. The van der Waals surface area contributed by atoms with Crippen LogP contribution in [-0.4, -0.2) is 68.2 Å². The molecule has 0 aliphatic carbocycles. The number of hydrogen-bond donors (Lipinski definition) is 3. The second-order valence-electron chi connectivity index (χ2n) is 9.44. The number of fused-ring (bicyclic) bond motifs is 1. The van der Waals surface area contributed by atoms with Crippen molar-refractivity contribution in [1.29, 1.82) is 0 Å². The predicted molar refractivity (Wildman–Crippen MR) is 135 cm³/mol. The maximum Gasteiger partial charge on any atom is 0.133 e. The number of β-amino-alcohol motifs (C(OH)–C–C–N with tert-alkyl or cyclic N) is 1. The molecule has 2 aliphatic heterocycles. The normalized spacial score (nSPS) is 21.2. The lowest BCUT2D eigenvalue weighted by atomic mass is 10.00. The van der Waals surface area contributed by atoms with Crippen molar-refractivity contribution in [2.75, 3.05) is 37.4 Å². The van der Waals surface area contributed by atoms with E-state index >= 15 is 0 Å². The van der Waals surface area contributed by atoms with Crippen molar-refractivity contribution >= 4 is 28.1 Å². The number of benzene rings is 1. The van der Waals surface area contributed by atoms with E-state index in [9.17, 15) is 5.11 Å². The summed E-state index contributed by atoms with van der Waals surface area (Å²) in [6.07, 6.45) is 5.83. The highest BCUT2D eigenvalue weighted by molar-refractivity contribution is 5.94. The maximum absolute atomic E-state index is 10.8. The van der Waals surface area contributed by atoms with Crippen LogP contribution in [0.4, 0.5) is 17.3 Å². The molecule has 4 N–H and O–H groups in total. The lowest BCUT2D eigenvalue weighted by molar-refractivity contribution is -0.0945. The fraction of sp³-hybridized carbons (Fsp3) is 0.346. The molecule has 2 fully saturated rings. The summed E-state index contributed by atoms with van der Waals surface area (Å²) < 4.78 is 7.16. The Labute approximate surface area is 203 Å². The minimum absolute atomic E-state index is 0.0464. The van der Waals surface area contributed by atoms with Crippen molar-refractivity contribution in [3.8, 4) is 11.3 Å². The third-order valence-electron chi connectivity index (χ3n) is 7.09. The zero-order chi connectivity index (χ0) is 23.9. The molecule has 35 heavy (non-hydrogen) atoms. The molecule has 180 valence electrons. The number of aromatic nitrogens is 4. The van der Waals surface area contributed by atoms with E-state index in [4.69, 9.17) is 10.5 Å². The Kier molecular flexibility index (Phi) is 5.60. The monoisotopic (exact) mass is 471 g/mol. The summed E-state index contributed by atoms with van der Waals surface area (Å²) in [5.74, 6) is 1.15. The van der Waals surface area contributed by atoms with Crippen LogP contribution in [0.15, 0.2) is 55.0 Å². The van der Waals surface area contributed by atoms with Gasteiger partial charge >= 0.3 is 0 Å². The second-order valence-corrected chi connectivity index (χ2v) is 9.44. The van der Waals surface area contributed by atoms with E-state index in [1.165, 1.54) is 0 Å². The first-order chi connectivity index (χ1) is 17.0. The summed E-state index contributed by atoms with van der Waals surface area (Å²) in [5, 5.41) is 20.4. The van der Waals surface area contributed by atoms with Gasteiger partial charge in [0.15, 0.2) is 0 Å². The van der Waals surface area contributed by atoms with Crippen molar-refractivity contribution in [2.24, 2.45) is 0 Å². The largest absolute Gasteiger partial charge is 0.390 e. The molecular formula is C26H29N7O2. The van der Waals surface area contributed by atoms with E-state index in [-0.39, 0.29) is 6.04 Å². The molecule has 0 amide bonds.